The number of piperazine rings is 1. The minimum atomic E-state index is -0.392. The summed E-state index contributed by atoms with van der Waals surface area (Å²) < 4.78 is 6.78. The monoisotopic (exact) mass is 483 g/mol. The second kappa shape index (κ2) is 8.16. The highest BCUT2D eigenvalue weighted by Crippen LogP contribution is 2.32. The molecule has 0 unspecified atom stereocenters. The molecular weight excluding hydrogens is 470 g/mol. The molecule has 0 atom stereocenters. The van der Waals surface area contributed by atoms with Crippen LogP contribution in [0.25, 0.3) is 10.8 Å². The molecule has 3 heterocycles. The Hall–Kier alpha value is -2.01. The van der Waals surface area contributed by atoms with Crippen molar-refractivity contribution in [2.75, 3.05) is 31.1 Å². The average molecular weight is 485 g/mol. The summed E-state index contributed by atoms with van der Waals surface area (Å²) in [6.07, 6.45) is 0. The Morgan fingerprint density at radius 1 is 1.21 bits per heavy atom. The minimum Gasteiger partial charge on any atom is -0.419 e. The molecule has 8 nitrogen and oxygen atoms in total. The summed E-state index contributed by atoms with van der Waals surface area (Å²) in [5.41, 5.74) is 0.627. The van der Waals surface area contributed by atoms with E-state index in [2.05, 4.69) is 31.0 Å². The van der Waals surface area contributed by atoms with Crippen molar-refractivity contribution in [1.82, 2.24) is 15.1 Å². The summed E-state index contributed by atoms with van der Waals surface area (Å²) >= 11 is 10.9. The lowest BCUT2D eigenvalue weighted by molar-refractivity contribution is -0.384. The van der Waals surface area contributed by atoms with Gasteiger partial charge in [0.05, 0.1) is 20.1 Å². The first-order chi connectivity index (χ1) is 13.5. The van der Waals surface area contributed by atoms with E-state index >= 15 is 0 Å². The summed E-state index contributed by atoms with van der Waals surface area (Å²) in [5, 5.41) is 19.9. The van der Waals surface area contributed by atoms with Gasteiger partial charge in [-0.15, -0.1) is 21.5 Å². The Bertz CT molecular complexity index is 1000. The standard InChI is InChI=1S/C17H15BrClN5O3S/c18-15-4-3-14(28-15)17-21-20-16(27-17)10-22-5-7-23(8-6-22)12-2-1-11(19)9-13(12)24(25)26/h1-4,9H,5-8,10H2. The average Bonchev–Trinajstić information content (AvgIpc) is 3.31. The number of halogens is 2. The predicted octanol–water partition coefficient (Wildman–Crippen LogP) is 4.44. The maximum Gasteiger partial charge on any atom is 0.294 e. The first-order valence-electron chi connectivity index (χ1n) is 8.49. The minimum absolute atomic E-state index is 0.0320. The Balaban J connectivity index is 1.39. The molecular formula is C17H15BrClN5O3S. The zero-order valence-electron chi connectivity index (χ0n) is 14.5. The largest absolute Gasteiger partial charge is 0.419 e. The van der Waals surface area contributed by atoms with Crippen LogP contribution in [0.4, 0.5) is 11.4 Å². The lowest BCUT2D eigenvalue weighted by atomic mass is 10.2. The summed E-state index contributed by atoms with van der Waals surface area (Å²) in [4.78, 5) is 16.1. The highest BCUT2D eigenvalue weighted by molar-refractivity contribution is 9.11. The molecule has 0 aliphatic carbocycles. The van der Waals surface area contributed by atoms with Gasteiger partial charge in [0.25, 0.3) is 11.6 Å². The molecule has 0 spiro atoms. The van der Waals surface area contributed by atoms with Gasteiger partial charge in [-0.1, -0.05) is 11.6 Å². The van der Waals surface area contributed by atoms with Gasteiger partial charge >= 0.3 is 0 Å². The van der Waals surface area contributed by atoms with Crippen LogP contribution in [-0.4, -0.2) is 46.2 Å². The van der Waals surface area contributed by atoms with Gasteiger partial charge in [0.1, 0.15) is 5.69 Å². The molecule has 2 aromatic heterocycles. The van der Waals surface area contributed by atoms with Crippen LogP contribution in [-0.2, 0) is 6.54 Å². The van der Waals surface area contributed by atoms with Gasteiger partial charge in [0.15, 0.2) is 0 Å². The van der Waals surface area contributed by atoms with Crippen molar-refractivity contribution in [3.05, 3.63) is 55.1 Å². The van der Waals surface area contributed by atoms with E-state index in [1.807, 2.05) is 17.0 Å². The number of nitrogens with zero attached hydrogens (tertiary/aromatic N) is 5. The SMILES string of the molecule is O=[N+]([O-])c1cc(Cl)ccc1N1CCN(Cc2nnc(-c3ccc(Br)s3)o2)CC1. The molecule has 1 aliphatic heterocycles. The molecule has 1 fully saturated rings. The second-order valence-electron chi connectivity index (χ2n) is 6.26. The number of anilines is 1. The van der Waals surface area contributed by atoms with E-state index in [0.29, 0.717) is 42.1 Å². The number of hydrogen-bond acceptors (Lipinski definition) is 8. The van der Waals surface area contributed by atoms with Crippen LogP contribution in [0.15, 0.2) is 38.5 Å². The number of nitro groups is 1. The smallest absolute Gasteiger partial charge is 0.294 e. The normalized spacial score (nSPS) is 15.1. The summed E-state index contributed by atoms with van der Waals surface area (Å²) in [6.45, 7) is 3.36. The quantitative estimate of drug-likeness (QED) is 0.390. The van der Waals surface area contributed by atoms with Crippen molar-refractivity contribution in [1.29, 1.82) is 0 Å². The Morgan fingerprint density at radius 3 is 2.68 bits per heavy atom. The van der Waals surface area contributed by atoms with Gasteiger partial charge in [-0.25, -0.2) is 0 Å². The second-order valence-corrected chi connectivity index (χ2v) is 9.16. The third kappa shape index (κ3) is 4.19. The Kier molecular flexibility index (Phi) is 5.63. The fourth-order valence-corrected chi connectivity index (χ4v) is 4.57. The van der Waals surface area contributed by atoms with Gasteiger partial charge in [-0.05, 0) is 40.2 Å². The third-order valence-electron chi connectivity index (χ3n) is 4.46. The number of nitro benzene ring substituents is 1. The van der Waals surface area contributed by atoms with Gasteiger partial charge in [-0.3, -0.25) is 15.0 Å². The van der Waals surface area contributed by atoms with Gasteiger partial charge in [0, 0.05) is 37.3 Å². The molecule has 1 aliphatic rings. The van der Waals surface area contributed by atoms with Crippen LogP contribution in [0.1, 0.15) is 5.89 Å². The number of thiophene rings is 1. The van der Waals surface area contributed by atoms with Crippen LogP contribution in [0.2, 0.25) is 5.02 Å². The molecule has 1 aromatic carbocycles. The van der Waals surface area contributed by atoms with Gasteiger partial charge < -0.3 is 9.32 Å². The van der Waals surface area contributed by atoms with Crippen molar-refractivity contribution in [3.63, 3.8) is 0 Å². The number of rotatable bonds is 5. The number of benzene rings is 1. The summed E-state index contributed by atoms with van der Waals surface area (Å²) in [6, 6.07) is 8.66. The highest BCUT2D eigenvalue weighted by Gasteiger charge is 2.25. The van der Waals surface area contributed by atoms with Crippen LogP contribution < -0.4 is 4.90 Å². The van der Waals surface area contributed by atoms with Crippen LogP contribution >= 0.6 is 38.9 Å². The fourth-order valence-electron chi connectivity index (χ4n) is 3.09. The first kappa shape index (κ1) is 19.3. The lowest BCUT2D eigenvalue weighted by Gasteiger charge is -2.35. The molecule has 146 valence electrons. The van der Waals surface area contributed by atoms with Crippen molar-refractivity contribution in [2.45, 2.75) is 6.54 Å². The first-order valence-corrected chi connectivity index (χ1v) is 10.5. The number of hydrogen-bond donors (Lipinski definition) is 0. The topological polar surface area (TPSA) is 88.5 Å². The molecule has 11 heteroatoms. The van der Waals surface area contributed by atoms with E-state index in [9.17, 15) is 10.1 Å². The van der Waals surface area contributed by atoms with Crippen molar-refractivity contribution < 1.29 is 9.34 Å². The molecule has 0 radical (unpaired) electrons. The molecule has 0 saturated carbocycles. The molecule has 28 heavy (non-hydrogen) atoms. The van der Waals surface area contributed by atoms with E-state index in [1.54, 1.807) is 12.1 Å². The molecule has 0 bridgehead atoms. The van der Waals surface area contributed by atoms with E-state index < -0.39 is 4.92 Å². The van der Waals surface area contributed by atoms with Crippen LogP contribution in [0.3, 0.4) is 0 Å². The van der Waals surface area contributed by atoms with Crippen molar-refractivity contribution in [2.24, 2.45) is 0 Å². The Morgan fingerprint density at radius 2 is 2.00 bits per heavy atom. The van der Waals surface area contributed by atoms with Crippen molar-refractivity contribution in [3.8, 4) is 10.8 Å². The molecule has 0 N–H and O–H groups in total. The maximum atomic E-state index is 11.3. The van der Waals surface area contributed by atoms with E-state index in [-0.39, 0.29) is 5.69 Å². The lowest BCUT2D eigenvalue weighted by Crippen LogP contribution is -2.46. The highest BCUT2D eigenvalue weighted by atomic mass is 79.9. The van der Waals surface area contributed by atoms with E-state index in [1.165, 1.54) is 17.4 Å². The van der Waals surface area contributed by atoms with Crippen LogP contribution in [0, 0.1) is 10.1 Å². The van der Waals surface area contributed by atoms with Gasteiger partial charge in [0.2, 0.25) is 5.89 Å². The molecule has 3 aromatic rings. The summed E-state index contributed by atoms with van der Waals surface area (Å²) in [5.74, 6) is 1.08. The summed E-state index contributed by atoms with van der Waals surface area (Å²) in [7, 11) is 0. The maximum absolute atomic E-state index is 11.3. The fraction of sp³-hybridized carbons (Fsp3) is 0.294. The van der Waals surface area contributed by atoms with E-state index in [0.717, 1.165) is 21.8 Å². The zero-order chi connectivity index (χ0) is 19.7. The van der Waals surface area contributed by atoms with Crippen LogP contribution in [0.5, 0.6) is 0 Å². The molecule has 4 rings (SSSR count). The zero-order valence-corrected chi connectivity index (χ0v) is 17.7. The van der Waals surface area contributed by atoms with Crippen molar-refractivity contribution >= 4 is 50.2 Å². The Labute approximate surface area is 178 Å². The molecule has 0 amide bonds. The van der Waals surface area contributed by atoms with Gasteiger partial charge in [-0.2, -0.15) is 0 Å². The third-order valence-corrected chi connectivity index (χ3v) is 6.30. The number of aromatic nitrogens is 2. The molecule has 1 saturated heterocycles. The van der Waals surface area contributed by atoms with E-state index in [4.69, 9.17) is 16.0 Å². The predicted molar refractivity (Wildman–Crippen MR) is 111 cm³/mol.